The number of nitrogens with zero attached hydrogens (tertiary/aromatic N) is 6. The number of quaternary nitrogens is 1. The van der Waals surface area contributed by atoms with Crippen molar-refractivity contribution in [3.63, 3.8) is 0 Å². The molecule has 44 heavy (non-hydrogen) atoms. The number of hydrogen-bond acceptors (Lipinski definition) is 9. The number of fused-ring (bicyclic) bond motifs is 2. The van der Waals surface area contributed by atoms with Gasteiger partial charge in [-0.25, -0.2) is 34.0 Å². The van der Waals surface area contributed by atoms with Gasteiger partial charge >= 0.3 is 12.1 Å². The Kier molecular flexibility index (Phi) is 7.77. The van der Waals surface area contributed by atoms with Gasteiger partial charge in [0, 0.05) is 6.07 Å². The molecule has 6 rings (SSSR count). The summed E-state index contributed by atoms with van der Waals surface area (Å²) < 4.78 is 16.4. The van der Waals surface area contributed by atoms with Crippen LogP contribution in [0.15, 0.2) is 72.8 Å². The Balaban J connectivity index is 1.28. The van der Waals surface area contributed by atoms with E-state index in [1.165, 1.54) is 14.2 Å². The summed E-state index contributed by atoms with van der Waals surface area (Å²) in [6.45, 7) is 1.01. The van der Waals surface area contributed by atoms with Gasteiger partial charge in [0.1, 0.15) is 13.1 Å². The molecule has 0 atom stereocenters. The van der Waals surface area contributed by atoms with Gasteiger partial charge in [0.2, 0.25) is 5.82 Å². The maximum atomic E-state index is 14.3. The molecule has 2 N–H and O–H groups in total. The molecule has 13 nitrogen and oxygen atoms in total. The van der Waals surface area contributed by atoms with Crippen molar-refractivity contribution >= 4 is 51.5 Å². The molecule has 13 heteroatoms. The average Bonchev–Trinajstić information content (AvgIpc) is 3.07. The number of nitrogens with one attached hydrogen (secondary N) is 2. The fraction of sp³-hybridized carbons (Fsp3) is 0.226. The first kappa shape index (κ1) is 28.6. The van der Waals surface area contributed by atoms with Crippen molar-refractivity contribution in [3.8, 4) is 17.5 Å². The molecule has 0 bridgehead atoms. The van der Waals surface area contributed by atoms with Crippen LogP contribution >= 0.6 is 0 Å². The Hall–Kier alpha value is -5.56. The van der Waals surface area contributed by atoms with Crippen LogP contribution in [0.5, 0.6) is 17.5 Å². The Morgan fingerprint density at radius 2 is 1.14 bits per heavy atom. The van der Waals surface area contributed by atoms with Crippen LogP contribution in [-0.4, -0.2) is 84.4 Å². The highest BCUT2D eigenvalue weighted by Crippen LogP contribution is 2.36. The van der Waals surface area contributed by atoms with E-state index in [9.17, 15) is 9.59 Å². The van der Waals surface area contributed by atoms with Crippen molar-refractivity contribution in [2.45, 2.75) is 0 Å². The molecule has 2 aromatic heterocycles. The molecule has 0 aliphatic carbocycles. The van der Waals surface area contributed by atoms with Crippen LogP contribution in [0.4, 0.5) is 26.9 Å². The lowest BCUT2D eigenvalue weighted by molar-refractivity contribution is 0.155. The number of benzene rings is 3. The Labute approximate surface area is 253 Å². The van der Waals surface area contributed by atoms with Gasteiger partial charge < -0.3 is 19.1 Å². The Bertz CT molecular complexity index is 1860. The average molecular weight is 596 g/mol. The van der Waals surface area contributed by atoms with Gasteiger partial charge in [0.05, 0.1) is 56.5 Å². The van der Waals surface area contributed by atoms with Crippen molar-refractivity contribution in [1.82, 2.24) is 29.3 Å². The normalized spacial score (nSPS) is 14.2. The minimum absolute atomic E-state index is 0.148. The molecule has 1 aliphatic heterocycles. The van der Waals surface area contributed by atoms with Gasteiger partial charge in [0.15, 0.2) is 17.3 Å². The zero-order valence-corrected chi connectivity index (χ0v) is 24.5. The SMILES string of the molecule is COc1ccccc1[N+]1(C(=O)Nc2nc3ccccc3nc2OC)CCN(C(=O)Nc2nc3ccccc3nc2OC)CC1. The van der Waals surface area contributed by atoms with Gasteiger partial charge in [0.25, 0.3) is 11.8 Å². The van der Waals surface area contributed by atoms with Crippen LogP contribution in [0.25, 0.3) is 22.1 Å². The van der Waals surface area contributed by atoms with E-state index in [2.05, 4.69) is 30.6 Å². The summed E-state index contributed by atoms with van der Waals surface area (Å²) in [4.78, 5) is 47.5. The van der Waals surface area contributed by atoms with Gasteiger partial charge in [-0.1, -0.05) is 36.4 Å². The third kappa shape index (κ3) is 5.24. The largest absolute Gasteiger partial charge is 0.491 e. The zero-order chi connectivity index (χ0) is 30.7. The number of carbonyl (C=O) groups excluding carboxylic acids is 2. The number of piperazine rings is 1. The van der Waals surface area contributed by atoms with Crippen LogP contribution in [-0.2, 0) is 0 Å². The van der Waals surface area contributed by atoms with Crippen LogP contribution in [0.3, 0.4) is 0 Å². The standard InChI is InChI=1S/C31H30N8O5/c1-42-25-15-9-8-14-24(25)39(31(41)37-27-29(44-3)35-23-13-7-5-11-21(23)33-27)18-16-38(17-19-39)30(40)36-26-28(43-2)34-22-12-6-4-10-20(22)32-26/h4-15H,16-19H2,1-3H3,(H-,32,33,36,37,40,41)/p+1. The van der Waals surface area contributed by atoms with Crippen LogP contribution in [0.2, 0.25) is 0 Å². The van der Waals surface area contributed by atoms with E-state index in [4.69, 9.17) is 14.2 Å². The monoisotopic (exact) mass is 595 g/mol. The van der Waals surface area contributed by atoms with Crippen LogP contribution < -0.4 is 29.3 Å². The number of urea groups is 2. The molecular weight excluding hydrogens is 564 g/mol. The lowest BCUT2D eigenvalue weighted by Crippen LogP contribution is -2.66. The molecule has 3 heterocycles. The van der Waals surface area contributed by atoms with E-state index in [1.807, 2.05) is 72.8 Å². The van der Waals surface area contributed by atoms with Gasteiger partial charge in [-0.3, -0.25) is 10.6 Å². The minimum atomic E-state index is -0.381. The summed E-state index contributed by atoms with van der Waals surface area (Å²) in [5, 5.41) is 5.79. The second kappa shape index (κ2) is 12.0. The minimum Gasteiger partial charge on any atom is -0.491 e. The number of methoxy groups -OCH3 is 3. The topological polar surface area (TPSA) is 141 Å². The number of anilines is 2. The zero-order valence-electron chi connectivity index (χ0n) is 24.5. The van der Waals surface area contributed by atoms with Gasteiger partial charge in [-0.15, -0.1) is 0 Å². The van der Waals surface area contributed by atoms with Crippen LogP contribution in [0.1, 0.15) is 0 Å². The highest BCUT2D eigenvalue weighted by Gasteiger charge is 2.46. The maximum absolute atomic E-state index is 14.3. The smallest absolute Gasteiger partial charge is 0.427 e. The Morgan fingerprint density at radius 1 is 0.659 bits per heavy atom. The molecule has 0 unspecified atom stereocenters. The summed E-state index contributed by atoms with van der Waals surface area (Å²) in [6, 6.07) is 21.3. The number of aromatic nitrogens is 4. The molecule has 1 fully saturated rings. The highest BCUT2D eigenvalue weighted by molar-refractivity contribution is 6.00. The van der Waals surface area contributed by atoms with Crippen molar-refractivity contribution < 1.29 is 23.8 Å². The van der Waals surface area contributed by atoms with E-state index < -0.39 is 0 Å². The molecule has 3 aromatic carbocycles. The summed E-state index contributed by atoms with van der Waals surface area (Å²) in [5.74, 6) is 1.36. The second-order valence-electron chi connectivity index (χ2n) is 10.1. The number of amides is 4. The molecule has 4 amide bonds. The predicted molar refractivity (Wildman–Crippen MR) is 166 cm³/mol. The first-order chi connectivity index (χ1) is 21.5. The molecule has 1 saturated heterocycles. The van der Waals surface area contributed by atoms with Crippen molar-refractivity contribution in [2.24, 2.45) is 0 Å². The summed E-state index contributed by atoms with van der Waals surface area (Å²) in [5.41, 5.74) is 3.18. The Morgan fingerprint density at radius 3 is 1.66 bits per heavy atom. The molecule has 224 valence electrons. The highest BCUT2D eigenvalue weighted by atomic mass is 16.5. The first-order valence-electron chi connectivity index (χ1n) is 14.0. The van der Waals surface area contributed by atoms with Gasteiger partial charge in [-0.05, 0) is 30.3 Å². The molecule has 0 radical (unpaired) electrons. The van der Waals surface area contributed by atoms with Crippen molar-refractivity contribution in [1.29, 1.82) is 0 Å². The number of carbonyl (C=O) groups is 2. The van der Waals surface area contributed by atoms with E-state index in [0.29, 0.717) is 33.5 Å². The molecule has 1 aliphatic rings. The van der Waals surface area contributed by atoms with E-state index in [0.717, 1.165) is 0 Å². The number of hydrogen-bond donors (Lipinski definition) is 2. The molecular formula is C31H31N8O5+. The third-order valence-electron chi connectivity index (χ3n) is 7.64. The number of rotatable bonds is 6. The molecule has 0 spiro atoms. The number of para-hydroxylation sites is 6. The number of ether oxygens (including phenoxy) is 3. The fourth-order valence-electron chi connectivity index (χ4n) is 5.35. The summed E-state index contributed by atoms with van der Waals surface area (Å²) in [6.07, 6.45) is 0. The third-order valence-corrected chi connectivity index (χ3v) is 7.64. The quantitative estimate of drug-likeness (QED) is 0.268. The first-order valence-corrected chi connectivity index (χ1v) is 14.0. The summed E-state index contributed by atoms with van der Waals surface area (Å²) >= 11 is 0. The van der Waals surface area contributed by atoms with E-state index in [1.54, 1.807) is 12.0 Å². The van der Waals surface area contributed by atoms with Crippen LogP contribution in [0, 0.1) is 0 Å². The lowest BCUT2D eigenvalue weighted by Gasteiger charge is -2.41. The summed E-state index contributed by atoms with van der Waals surface area (Å²) in [7, 11) is 4.51. The lowest BCUT2D eigenvalue weighted by atomic mass is 10.1. The van der Waals surface area contributed by atoms with E-state index >= 15 is 0 Å². The van der Waals surface area contributed by atoms with Crippen molar-refractivity contribution in [3.05, 3.63) is 72.8 Å². The maximum Gasteiger partial charge on any atom is 0.427 e. The molecule has 5 aromatic rings. The van der Waals surface area contributed by atoms with Gasteiger partial charge in [-0.2, -0.15) is 0 Å². The second-order valence-corrected chi connectivity index (χ2v) is 10.1. The molecule has 0 saturated carbocycles. The predicted octanol–water partition coefficient (Wildman–Crippen LogP) is 4.69. The van der Waals surface area contributed by atoms with Crippen molar-refractivity contribution in [2.75, 3.05) is 58.1 Å². The fourth-order valence-corrected chi connectivity index (χ4v) is 5.35. The van der Waals surface area contributed by atoms with E-state index in [-0.39, 0.29) is 66.1 Å².